The lowest BCUT2D eigenvalue weighted by Gasteiger charge is -2.32. The average Bonchev–Trinajstić information content (AvgIpc) is 2.76. The van der Waals surface area contributed by atoms with Gasteiger partial charge in [0.1, 0.15) is 18.3 Å². The number of anilines is 1. The SMILES string of the molecule is CCC(C(=O)NC)N(Cc1cccc(OC)c1)C(=O)CN(c1ccc(Cl)cc1Cl)S(C)(=O)=O. The lowest BCUT2D eigenvalue weighted by Crippen LogP contribution is -2.51. The van der Waals surface area contributed by atoms with Crippen LogP contribution in [0, 0.1) is 0 Å². The normalized spacial score (nSPS) is 12.1. The molecule has 0 aliphatic carbocycles. The van der Waals surface area contributed by atoms with Gasteiger partial charge in [0.05, 0.1) is 24.1 Å². The van der Waals surface area contributed by atoms with Gasteiger partial charge in [-0.3, -0.25) is 13.9 Å². The second-order valence-corrected chi connectivity index (χ2v) is 10.0. The van der Waals surface area contributed by atoms with E-state index in [2.05, 4.69) is 5.32 Å². The maximum absolute atomic E-state index is 13.5. The summed E-state index contributed by atoms with van der Waals surface area (Å²) < 4.78 is 31.3. The maximum Gasteiger partial charge on any atom is 0.244 e. The van der Waals surface area contributed by atoms with E-state index in [9.17, 15) is 18.0 Å². The number of nitrogens with one attached hydrogen (secondary N) is 1. The van der Waals surface area contributed by atoms with Crippen molar-refractivity contribution in [2.75, 3.05) is 31.3 Å². The first kappa shape index (κ1) is 26.8. The number of sulfonamides is 1. The Morgan fingerprint density at radius 2 is 1.85 bits per heavy atom. The van der Waals surface area contributed by atoms with Gasteiger partial charge in [0, 0.05) is 18.6 Å². The van der Waals surface area contributed by atoms with Crippen LogP contribution in [0.4, 0.5) is 5.69 Å². The maximum atomic E-state index is 13.5. The van der Waals surface area contributed by atoms with Crippen LogP contribution in [0.2, 0.25) is 10.0 Å². The fourth-order valence-corrected chi connectivity index (χ4v) is 4.75. The van der Waals surface area contributed by atoms with E-state index >= 15 is 0 Å². The second-order valence-electron chi connectivity index (χ2n) is 7.28. The molecule has 0 heterocycles. The number of halogens is 2. The molecular formula is C22H27Cl2N3O5S. The third kappa shape index (κ3) is 6.99. The number of methoxy groups -OCH3 is 1. The van der Waals surface area contributed by atoms with E-state index < -0.39 is 28.5 Å². The topological polar surface area (TPSA) is 96.0 Å². The minimum absolute atomic E-state index is 0.0773. The van der Waals surface area contributed by atoms with Crippen molar-refractivity contribution in [3.63, 3.8) is 0 Å². The Labute approximate surface area is 204 Å². The van der Waals surface area contributed by atoms with Gasteiger partial charge in [-0.05, 0) is 42.3 Å². The highest BCUT2D eigenvalue weighted by molar-refractivity contribution is 7.92. The van der Waals surface area contributed by atoms with Crippen LogP contribution >= 0.6 is 23.2 Å². The molecule has 1 N–H and O–H groups in total. The van der Waals surface area contributed by atoms with Gasteiger partial charge in [0.2, 0.25) is 21.8 Å². The average molecular weight is 516 g/mol. The summed E-state index contributed by atoms with van der Waals surface area (Å²) in [5.74, 6) is -0.326. The summed E-state index contributed by atoms with van der Waals surface area (Å²) in [6, 6.07) is 10.6. The van der Waals surface area contributed by atoms with Crippen LogP contribution in [0.3, 0.4) is 0 Å². The number of likely N-dealkylation sites (N-methyl/N-ethyl adjacent to an activating group) is 1. The molecule has 1 unspecified atom stereocenters. The number of hydrogen-bond acceptors (Lipinski definition) is 5. The molecule has 2 amide bonds. The van der Waals surface area contributed by atoms with Crippen LogP contribution in [0.25, 0.3) is 0 Å². The number of rotatable bonds is 10. The number of benzene rings is 2. The van der Waals surface area contributed by atoms with E-state index in [1.807, 2.05) is 0 Å². The second kappa shape index (κ2) is 11.6. The molecule has 0 aliphatic rings. The molecule has 0 saturated carbocycles. The Kier molecular flexibility index (Phi) is 9.39. The first-order valence-corrected chi connectivity index (χ1v) is 12.7. The first-order chi connectivity index (χ1) is 15.5. The molecule has 33 heavy (non-hydrogen) atoms. The molecule has 180 valence electrons. The highest BCUT2D eigenvalue weighted by Gasteiger charge is 2.32. The molecule has 2 aromatic carbocycles. The monoisotopic (exact) mass is 515 g/mol. The summed E-state index contributed by atoms with van der Waals surface area (Å²) in [5, 5.41) is 2.97. The van der Waals surface area contributed by atoms with E-state index in [4.69, 9.17) is 27.9 Å². The summed E-state index contributed by atoms with van der Waals surface area (Å²) in [6.45, 7) is 1.31. The zero-order valence-electron chi connectivity index (χ0n) is 18.8. The van der Waals surface area contributed by atoms with Crippen LogP contribution in [-0.4, -0.2) is 58.1 Å². The van der Waals surface area contributed by atoms with Crippen LogP contribution < -0.4 is 14.4 Å². The van der Waals surface area contributed by atoms with Crippen molar-refractivity contribution in [3.8, 4) is 5.75 Å². The number of nitrogens with zero attached hydrogens (tertiary/aromatic N) is 2. The van der Waals surface area contributed by atoms with E-state index in [0.717, 1.165) is 16.1 Å². The number of hydrogen-bond donors (Lipinski definition) is 1. The molecule has 0 fully saturated rings. The molecule has 0 aliphatic heterocycles. The van der Waals surface area contributed by atoms with Gasteiger partial charge in [0.15, 0.2) is 0 Å². The molecule has 0 bridgehead atoms. The van der Waals surface area contributed by atoms with Crippen LogP contribution in [0.15, 0.2) is 42.5 Å². The fraction of sp³-hybridized carbons (Fsp3) is 0.364. The summed E-state index contributed by atoms with van der Waals surface area (Å²) in [5.41, 5.74) is 0.840. The molecule has 0 radical (unpaired) electrons. The van der Waals surface area contributed by atoms with Crippen molar-refractivity contribution < 1.29 is 22.7 Å². The van der Waals surface area contributed by atoms with Crippen molar-refractivity contribution in [3.05, 3.63) is 58.1 Å². The standard InChI is InChI=1S/C22H27Cl2N3O5S/c1-5-19(22(29)25-2)26(13-15-7-6-8-17(11-15)32-3)21(28)14-27(33(4,30)31)20-10-9-16(23)12-18(20)24/h6-12,19H,5,13-14H2,1-4H3,(H,25,29). The van der Waals surface area contributed by atoms with Crippen molar-refractivity contribution in [1.29, 1.82) is 0 Å². The number of amides is 2. The van der Waals surface area contributed by atoms with Crippen molar-refractivity contribution in [2.45, 2.75) is 25.9 Å². The number of carbonyl (C=O) groups excluding carboxylic acids is 2. The minimum atomic E-state index is -3.89. The third-order valence-corrected chi connectivity index (χ3v) is 6.64. The van der Waals surface area contributed by atoms with Gasteiger partial charge in [-0.25, -0.2) is 8.42 Å². The predicted molar refractivity (Wildman–Crippen MR) is 130 cm³/mol. The third-order valence-electron chi connectivity index (χ3n) is 4.98. The van der Waals surface area contributed by atoms with Crippen molar-refractivity contribution in [1.82, 2.24) is 10.2 Å². The molecule has 0 saturated heterocycles. The summed E-state index contributed by atoms with van der Waals surface area (Å²) >= 11 is 12.2. The summed E-state index contributed by atoms with van der Waals surface area (Å²) in [4.78, 5) is 27.4. The molecule has 0 spiro atoms. The molecule has 2 aromatic rings. The Balaban J connectivity index is 2.47. The highest BCUT2D eigenvalue weighted by atomic mass is 35.5. The lowest BCUT2D eigenvalue weighted by molar-refractivity contribution is -0.140. The van der Waals surface area contributed by atoms with Crippen molar-refractivity contribution >= 4 is 50.7 Å². The van der Waals surface area contributed by atoms with Crippen LogP contribution in [-0.2, 0) is 26.2 Å². The molecular weight excluding hydrogens is 489 g/mol. The lowest BCUT2D eigenvalue weighted by atomic mass is 10.1. The Morgan fingerprint density at radius 1 is 1.15 bits per heavy atom. The number of carbonyl (C=O) groups is 2. The van der Waals surface area contributed by atoms with Gasteiger partial charge < -0.3 is 15.0 Å². The molecule has 0 aromatic heterocycles. The zero-order chi connectivity index (χ0) is 24.8. The van der Waals surface area contributed by atoms with Gasteiger partial charge in [-0.1, -0.05) is 42.3 Å². The number of ether oxygens (including phenoxy) is 1. The van der Waals surface area contributed by atoms with Crippen molar-refractivity contribution in [2.24, 2.45) is 0 Å². The molecule has 8 nitrogen and oxygen atoms in total. The van der Waals surface area contributed by atoms with E-state index in [1.54, 1.807) is 31.2 Å². The Bertz CT molecular complexity index is 1110. The van der Waals surface area contributed by atoms with E-state index in [-0.39, 0.29) is 23.2 Å². The van der Waals surface area contributed by atoms with Gasteiger partial charge in [0.25, 0.3) is 0 Å². The van der Waals surface area contributed by atoms with Crippen LogP contribution in [0.1, 0.15) is 18.9 Å². The fourth-order valence-electron chi connectivity index (χ4n) is 3.33. The molecule has 11 heteroatoms. The summed E-state index contributed by atoms with van der Waals surface area (Å²) in [7, 11) is -0.875. The zero-order valence-corrected chi connectivity index (χ0v) is 21.2. The first-order valence-electron chi connectivity index (χ1n) is 10.1. The minimum Gasteiger partial charge on any atom is -0.497 e. The summed E-state index contributed by atoms with van der Waals surface area (Å²) in [6.07, 6.45) is 1.31. The highest BCUT2D eigenvalue weighted by Crippen LogP contribution is 2.30. The molecule has 1 atom stereocenters. The van der Waals surface area contributed by atoms with E-state index in [0.29, 0.717) is 17.2 Å². The predicted octanol–water partition coefficient (Wildman–Crippen LogP) is 3.32. The largest absolute Gasteiger partial charge is 0.497 e. The molecule has 2 rings (SSSR count). The Hall–Kier alpha value is -2.49. The van der Waals surface area contributed by atoms with Gasteiger partial charge in [-0.15, -0.1) is 0 Å². The quantitative estimate of drug-likeness (QED) is 0.523. The van der Waals surface area contributed by atoms with E-state index in [1.165, 1.54) is 37.3 Å². The smallest absolute Gasteiger partial charge is 0.244 e. The van der Waals surface area contributed by atoms with Crippen LogP contribution in [0.5, 0.6) is 5.75 Å². The van der Waals surface area contributed by atoms with Gasteiger partial charge >= 0.3 is 0 Å². The Morgan fingerprint density at radius 3 is 2.39 bits per heavy atom. The van der Waals surface area contributed by atoms with Gasteiger partial charge in [-0.2, -0.15) is 0 Å².